The van der Waals surface area contributed by atoms with Crippen molar-refractivity contribution < 1.29 is 5.11 Å². The summed E-state index contributed by atoms with van der Waals surface area (Å²) in [6, 6.07) is 2.26. The fourth-order valence-electron chi connectivity index (χ4n) is 3.15. The third kappa shape index (κ3) is 1.92. The zero-order valence-electron chi connectivity index (χ0n) is 9.81. The van der Waals surface area contributed by atoms with Crippen LogP contribution in [0.1, 0.15) is 25.7 Å². The van der Waals surface area contributed by atoms with E-state index in [1.165, 1.54) is 0 Å². The van der Waals surface area contributed by atoms with Crippen molar-refractivity contribution in [1.29, 1.82) is 0 Å². The Morgan fingerprint density at radius 1 is 1.22 bits per heavy atom. The van der Waals surface area contributed by atoms with Crippen LogP contribution in [0.15, 0.2) is 6.07 Å². The fraction of sp³-hybridized carbons (Fsp3) is 0.583. The molecule has 2 fully saturated rings. The van der Waals surface area contributed by atoms with Gasteiger partial charge in [0.2, 0.25) is 0 Å². The quantitative estimate of drug-likeness (QED) is 0.833. The van der Waals surface area contributed by atoms with Crippen molar-refractivity contribution in [3.63, 3.8) is 0 Å². The molecule has 2 saturated heterocycles. The Morgan fingerprint density at radius 2 is 1.83 bits per heavy atom. The van der Waals surface area contributed by atoms with Crippen molar-refractivity contribution in [3.8, 4) is 0 Å². The number of rotatable bonds is 1. The number of nitrogens with zero attached hydrogens (tertiary/aromatic N) is 2. The van der Waals surface area contributed by atoms with Crippen LogP contribution in [-0.4, -0.2) is 28.3 Å². The topological polar surface area (TPSA) is 62.4 Å². The molecule has 0 spiro atoms. The summed E-state index contributed by atoms with van der Waals surface area (Å²) in [5.41, 5.74) is 5.76. The molecular weight excluding hydrogens is 273 g/mol. The lowest BCUT2D eigenvalue weighted by atomic mass is 10.00. The number of halogens is 2. The van der Waals surface area contributed by atoms with E-state index in [-0.39, 0.29) is 6.10 Å². The van der Waals surface area contributed by atoms with Gasteiger partial charge >= 0.3 is 0 Å². The predicted molar refractivity (Wildman–Crippen MR) is 73.2 cm³/mol. The van der Waals surface area contributed by atoms with Gasteiger partial charge in [0.05, 0.1) is 16.1 Å². The molecule has 2 atom stereocenters. The highest BCUT2D eigenvalue weighted by Gasteiger charge is 2.41. The molecule has 2 aliphatic heterocycles. The van der Waals surface area contributed by atoms with E-state index in [2.05, 4.69) is 9.88 Å². The Hall–Kier alpha value is -0.710. The van der Waals surface area contributed by atoms with Crippen molar-refractivity contribution >= 4 is 34.8 Å². The first-order valence-electron chi connectivity index (χ1n) is 6.14. The zero-order chi connectivity index (χ0) is 12.9. The third-order valence-corrected chi connectivity index (χ3v) is 4.47. The van der Waals surface area contributed by atoms with Crippen molar-refractivity contribution in [1.82, 2.24) is 4.98 Å². The number of hydrogen-bond acceptors (Lipinski definition) is 4. The van der Waals surface area contributed by atoms with Crippen LogP contribution in [0.2, 0.25) is 10.0 Å². The Balaban J connectivity index is 1.98. The summed E-state index contributed by atoms with van der Waals surface area (Å²) in [5.74, 6) is 1.01. The maximum atomic E-state index is 9.80. The number of aromatic nitrogens is 1. The largest absolute Gasteiger partial charge is 0.393 e. The van der Waals surface area contributed by atoms with Gasteiger partial charge < -0.3 is 15.7 Å². The summed E-state index contributed by atoms with van der Waals surface area (Å²) >= 11 is 12.1. The first-order valence-corrected chi connectivity index (χ1v) is 6.89. The van der Waals surface area contributed by atoms with Crippen molar-refractivity contribution in [2.24, 2.45) is 0 Å². The summed E-state index contributed by atoms with van der Waals surface area (Å²) in [6.07, 6.45) is 3.49. The second-order valence-electron chi connectivity index (χ2n) is 5.08. The monoisotopic (exact) mass is 287 g/mol. The highest BCUT2D eigenvalue weighted by molar-refractivity contribution is 6.37. The van der Waals surface area contributed by atoms with Crippen molar-refractivity contribution in [2.75, 3.05) is 10.6 Å². The van der Waals surface area contributed by atoms with Crippen LogP contribution in [0, 0.1) is 0 Å². The number of aliphatic hydroxyl groups is 1. The van der Waals surface area contributed by atoms with Gasteiger partial charge in [0.1, 0.15) is 11.6 Å². The Labute approximate surface area is 116 Å². The van der Waals surface area contributed by atoms with Crippen molar-refractivity contribution in [2.45, 2.75) is 43.9 Å². The van der Waals surface area contributed by atoms with E-state index in [0.717, 1.165) is 25.7 Å². The molecule has 18 heavy (non-hydrogen) atoms. The molecule has 98 valence electrons. The van der Waals surface area contributed by atoms with Gasteiger partial charge in [-0.1, -0.05) is 23.2 Å². The lowest BCUT2D eigenvalue weighted by Crippen LogP contribution is -2.45. The van der Waals surface area contributed by atoms with E-state index in [9.17, 15) is 5.11 Å². The Kier molecular flexibility index (Phi) is 3.04. The molecule has 0 saturated carbocycles. The van der Waals surface area contributed by atoms with Crippen LogP contribution >= 0.6 is 23.2 Å². The lowest BCUT2D eigenvalue weighted by Gasteiger charge is -2.38. The summed E-state index contributed by atoms with van der Waals surface area (Å²) < 4.78 is 0. The maximum absolute atomic E-state index is 9.80. The molecule has 4 nitrogen and oxygen atoms in total. The first kappa shape index (κ1) is 12.3. The maximum Gasteiger partial charge on any atom is 0.150 e. The molecule has 1 aromatic heterocycles. The standard InChI is InChI=1S/C12H15Cl2N3O/c13-9-5-10(14)12(16-11(9)15)17-6-1-2-7(17)4-8(18)3-6/h5-8,18H,1-4H2,(H2,15,16). The highest BCUT2D eigenvalue weighted by Crippen LogP contribution is 2.42. The molecule has 3 heterocycles. The first-order chi connectivity index (χ1) is 8.56. The molecule has 0 amide bonds. The van der Waals surface area contributed by atoms with Crippen molar-refractivity contribution in [3.05, 3.63) is 16.1 Å². The summed E-state index contributed by atoms with van der Waals surface area (Å²) in [5, 5.41) is 10.7. The molecule has 0 aliphatic carbocycles. The number of pyridine rings is 1. The second-order valence-corrected chi connectivity index (χ2v) is 5.89. The number of hydrogen-bond donors (Lipinski definition) is 2. The zero-order valence-corrected chi connectivity index (χ0v) is 11.3. The molecule has 3 N–H and O–H groups in total. The van der Waals surface area contributed by atoms with Crippen LogP contribution in [0.4, 0.5) is 11.6 Å². The van der Waals surface area contributed by atoms with Gasteiger partial charge in [0.15, 0.2) is 0 Å². The van der Waals surface area contributed by atoms with Gasteiger partial charge in [-0.15, -0.1) is 0 Å². The van der Waals surface area contributed by atoms with E-state index < -0.39 is 0 Å². The highest BCUT2D eigenvalue weighted by atomic mass is 35.5. The van der Waals surface area contributed by atoms with E-state index in [1.54, 1.807) is 6.07 Å². The van der Waals surface area contributed by atoms with Crippen LogP contribution in [-0.2, 0) is 0 Å². The van der Waals surface area contributed by atoms with Crippen LogP contribution in [0.5, 0.6) is 0 Å². The molecule has 2 bridgehead atoms. The molecule has 2 aliphatic rings. The molecule has 3 rings (SSSR count). The molecule has 1 aromatic rings. The van der Waals surface area contributed by atoms with Gasteiger partial charge in [-0.05, 0) is 31.7 Å². The third-order valence-electron chi connectivity index (χ3n) is 3.89. The Morgan fingerprint density at radius 3 is 2.44 bits per heavy atom. The van der Waals surface area contributed by atoms with E-state index in [0.29, 0.717) is 33.8 Å². The average Bonchev–Trinajstić information content (AvgIpc) is 2.56. The summed E-state index contributed by atoms with van der Waals surface area (Å²) in [4.78, 5) is 6.53. The normalized spacial score (nSPS) is 30.8. The minimum Gasteiger partial charge on any atom is -0.393 e. The van der Waals surface area contributed by atoms with Gasteiger partial charge in [-0.25, -0.2) is 4.98 Å². The van der Waals surface area contributed by atoms with Gasteiger partial charge in [-0.2, -0.15) is 0 Å². The molecule has 0 aromatic carbocycles. The second kappa shape index (κ2) is 4.44. The number of nitrogen functional groups attached to an aromatic ring is 1. The number of nitrogens with two attached hydrogens (primary N) is 1. The van der Waals surface area contributed by atoms with Crippen LogP contribution in [0.25, 0.3) is 0 Å². The molecule has 2 unspecified atom stereocenters. The smallest absolute Gasteiger partial charge is 0.150 e. The summed E-state index contributed by atoms with van der Waals surface area (Å²) in [6.45, 7) is 0. The SMILES string of the molecule is Nc1nc(N2C3CCC2CC(O)C3)c(Cl)cc1Cl. The summed E-state index contributed by atoms with van der Waals surface area (Å²) in [7, 11) is 0. The number of aliphatic hydroxyl groups excluding tert-OH is 1. The predicted octanol–water partition coefficient (Wildman–Crippen LogP) is 2.46. The molecule has 0 radical (unpaired) electrons. The minimum atomic E-state index is -0.206. The number of piperidine rings is 1. The molecule has 6 heteroatoms. The number of fused-ring (bicyclic) bond motifs is 2. The van der Waals surface area contributed by atoms with Gasteiger partial charge in [-0.3, -0.25) is 0 Å². The van der Waals surface area contributed by atoms with E-state index in [4.69, 9.17) is 28.9 Å². The average molecular weight is 288 g/mol. The van der Waals surface area contributed by atoms with E-state index >= 15 is 0 Å². The van der Waals surface area contributed by atoms with E-state index in [1.807, 2.05) is 0 Å². The lowest BCUT2D eigenvalue weighted by molar-refractivity contribution is 0.126. The Bertz CT molecular complexity index is 469. The number of anilines is 2. The molecular formula is C12H15Cl2N3O. The van der Waals surface area contributed by atoms with Crippen LogP contribution < -0.4 is 10.6 Å². The van der Waals surface area contributed by atoms with Gasteiger partial charge in [0, 0.05) is 12.1 Å². The van der Waals surface area contributed by atoms with Gasteiger partial charge in [0.25, 0.3) is 0 Å². The van der Waals surface area contributed by atoms with Crippen LogP contribution in [0.3, 0.4) is 0 Å². The minimum absolute atomic E-state index is 0.206. The fourth-order valence-corrected chi connectivity index (χ4v) is 3.60.